The summed E-state index contributed by atoms with van der Waals surface area (Å²) in [7, 11) is 0. The zero-order valence-corrected chi connectivity index (χ0v) is 8.12. The van der Waals surface area contributed by atoms with Crippen molar-refractivity contribution in [3.05, 3.63) is 35.7 Å². The Labute approximate surface area is 78.2 Å². The van der Waals surface area contributed by atoms with Crippen LogP contribution < -0.4 is 0 Å². The van der Waals surface area contributed by atoms with Gasteiger partial charge in [0.1, 0.15) is 0 Å². The molecule has 0 saturated carbocycles. The number of nitrogens with zero attached hydrogens (tertiary/aromatic N) is 2. The Bertz CT molecular complexity index is 415. The van der Waals surface area contributed by atoms with Gasteiger partial charge in [-0.25, -0.2) is 4.52 Å². The fraction of sp³-hybridized carbons (Fsp3) is 0.364. The summed E-state index contributed by atoms with van der Waals surface area (Å²) >= 11 is 0. The van der Waals surface area contributed by atoms with Gasteiger partial charge in [0.25, 0.3) is 0 Å². The number of hydrogen-bond acceptors (Lipinski definition) is 1. The van der Waals surface area contributed by atoms with Crippen molar-refractivity contribution in [1.82, 2.24) is 9.61 Å². The molecule has 0 saturated heterocycles. The first-order valence-corrected chi connectivity index (χ1v) is 4.81. The molecule has 2 heterocycles. The summed E-state index contributed by atoms with van der Waals surface area (Å²) in [6.07, 6.45) is 4.05. The topological polar surface area (TPSA) is 17.3 Å². The molecule has 0 aliphatic rings. The second kappa shape index (κ2) is 3.21. The highest BCUT2D eigenvalue weighted by Crippen LogP contribution is 2.13. The Balaban J connectivity index is 2.72. The molecular weight excluding hydrogens is 160 g/mol. The smallest absolute Gasteiger partial charge is 0.0696 e. The first kappa shape index (κ1) is 8.30. The van der Waals surface area contributed by atoms with Crippen LogP contribution in [0.5, 0.6) is 0 Å². The Morgan fingerprint density at radius 3 is 2.77 bits per heavy atom. The van der Waals surface area contributed by atoms with E-state index in [9.17, 15) is 0 Å². The van der Waals surface area contributed by atoms with Crippen LogP contribution in [0.2, 0.25) is 0 Å². The van der Waals surface area contributed by atoms with Crippen LogP contribution >= 0.6 is 0 Å². The van der Waals surface area contributed by atoms with Crippen molar-refractivity contribution in [2.45, 2.75) is 26.7 Å². The molecule has 0 unspecified atom stereocenters. The molecule has 2 heteroatoms. The van der Waals surface area contributed by atoms with Crippen LogP contribution in [0.25, 0.3) is 5.52 Å². The van der Waals surface area contributed by atoms with E-state index in [2.05, 4.69) is 37.1 Å². The maximum atomic E-state index is 4.38. The molecule has 0 spiro atoms. The van der Waals surface area contributed by atoms with Crippen molar-refractivity contribution in [3.8, 4) is 0 Å². The van der Waals surface area contributed by atoms with Crippen molar-refractivity contribution >= 4 is 5.52 Å². The third-order valence-corrected chi connectivity index (χ3v) is 2.44. The Morgan fingerprint density at radius 2 is 2.08 bits per heavy atom. The Kier molecular flexibility index (Phi) is 2.05. The minimum atomic E-state index is 1.03. The first-order valence-electron chi connectivity index (χ1n) is 4.81. The van der Waals surface area contributed by atoms with Crippen LogP contribution in [0.4, 0.5) is 0 Å². The molecule has 0 N–H and O–H groups in total. The van der Waals surface area contributed by atoms with Gasteiger partial charge in [0.2, 0.25) is 0 Å². The number of pyridine rings is 1. The zero-order chi connectivity index (χ0) is 9.26. The van der Waals surface area contributed by atoms with Crippen molar-refractivity contribution in [2.75, 3.05) is 0 Å². The van der Waals surface area contributed by atoms with E-state index in [0.717, 1.165) is 12.8 Å². The Hall–Kier alpha value is -1.31. The van der Waals surface area contributed by atoms with Gasteiger partial charge in [-0.2, -0.15) is 5.10 Å². The summed E-state index contributed by atoms with van der Waals surface area (Å²) < 4.78 is 2.04. The lowest BCUT2D eigenvalue weighted by Gasteiger charge is -2.01. The van der Waals surface area contributed by atoms with Crippen molar-refractivity contribution in [3.63, 3.8) is 0 Å². The van der Waals surface area contributed by atoms with E-state index in [0.29, 0.717) is 0 Å². The van der Waals surface area contributed by atoms with Gasteiger partial charge in [-0.1, -0.05) is 19.9 Å². The molecule has 2 rings (SSSR count). The summed E-state index contributed by atoms with van der Waals surface area (Å²) in [5, 5.41) is 4.38. The second-order valence-corrected chi connectivity index (χ2v) is 3.19. The van der Waals surface area contributed by atoms with E-state index in [-0.39, 0.29) is 0 Å². The number of aryl methyl sites for hydroxylation is 2. The highest BCUT2D eigenvalue weighted by Gasteiger charge is 2.03. The summed E-state index contributed by atoms with van der Waals surface area (Å²) in [4.78, 5) is 0. The number of rotatable bonds is 2. The lowest BCUT2D eigenvalue weighted by molar-refractivity contribution is 0.865. The van der Waals surface area contributed by atoms with Crippen LogP contribution in [0.3, 0.4) is 0 Å². The molecule has 0 aliphatic carbocycles. The van der Waals surface area contributed by atoms with Gasteiger partial charge in [-0.05, 0) is 30.5 Å². The largest absolute Gasteiger partial charge is 0.238 e. The van der Waals surface area contributed by atoms with Gasteiger partial charge < -0.3 is 0 Å². The van der Waals surface area contributed by atoms with E-state index >= 15 is 0 Å². The second-order valence-electron chi connectivity index (χ2n) is 3.19. The highest BCUT2D eigenvalue weighted by molar-refractivity contribution is 5.54. The van der Waals surface area contributed by atoms with Gasteiger partial charge >= 0.3 is 0 Å². The molecule has 68 valence electrons. The Morgan fingerprint density at radius 1 is 1.23 bits per heavy atom. The fourth-order valence-corrected chi connectivity index (χ4v) is 1.66. The summed E-state index contributed by atoms with van der Waals surface area (Å²) in [5.74, 6) is 0. The minimum absolute atomic E-state index is 1.03. The fourth-order valence-electron chi connectivity index (χ4n) is 1.66. The average Bonchev–Trinajstić information content (AvgIpc) is 2.60. The molecule has 0 atom stereocenters. The number of hydrogen-bond donors (Lipinski definition) is 0. The molecule has 0 radical (unpaired) electrons. The molecule has 2 nitrogen and oxygen atoms in total. The van der Waals surface area contributed by atoms with Crippen LogP contribution in [0, 0.1) is 0 Å². The molecule has 0 fully saturated rings. The van der Waals surface area contributed by atoms with E-state index in [1.165, 1.54) is 16.8 Å². The lowest BCUT2D eigenvalue weighted by Crippen LogP contribution is -1.95. The maximum absolute atomic E-state index is 4.38. The summed E-state index contributed by atoms with van der Waals surface area (Å²) in [5.41, 5.74) is 3.86. The first-order chi connectivity index (χ1) is 6.36. The summed E-state index contributed by atoms with van der Waals surface area (Å²) in [6, 6.07) is 6.36. The SMILES string of the molecule is CCc1cnn2c(CC)cccc12. The molecule has 2 aromatic heterocycles. The minimum Gasteiger partial charge on any atom is -0.238 e. The average molecular weight is 174 g/mol. The maximum Gasteiger partial charge on any atom is 0.0696 e. The molecule has 0 aliphatic heterocycles. The predicted molar refractivity (Wildman–Crippen MR) is 53.9 cm³/mol. The molecule has 2 aromatic rings. The van der Waals surface area contributed by atoms with E-state index in [1.807, 2.05) is 10.7 Å². The monoisotopic (exact) mass is 174 g/mol. The van der Waals surface area contributed by atoms with Crippen molar-refractivity contribution < 1.29 is 0 Å². The molecule has 0 aromatic carbocycles. The third kappa shape index (κ3) is 1.22. The third-order valence-electron chi connectivity index (χ3n) is 2.44. The van der Waals surface area contributed by atoms with Gasteiger partial charge in [-0.3, -0.25) is 0 Å². The number of fused-ring (bicyclic) bond motifs is 1. The molecule has 13 heavy (non-hydrogen) atoms. The van der Waals surface area contributed by atoms with Gasteiger partial charge in [0, 0.05) is 5.69 Å². The molecule has 0 bridgehead atoms. The summed E-state index contributed by atoms with van der Waals surface area (Å²) in [6.45, 7) is 4.32. The molecule has 0 amide bonds. The quantitative estimate of drug-likeness (QED) is 0.683. The number of aromatic nitrogens is 2. The van der Waals surface area contributed by atoms with Crippen LogP contribution in [-0.4, -0.2) is 9.61 Å². The predicted octanol–water partition coefficient (Wildman–Crippen LogP) is 2.46. The van der Waals surface area contributed by atoms with Gasteiger partial charge in [-0.15, -0.1) is 0 Å². The van der Waals surface area contributed by atoms with E-state index in [1.54, 1.807) is 0 Å². The van der Waals surface area contributed by atoms with E-state index in [4.69, 9.17) is 0 Å². The van der Waals surface area contributed by atoms with Crippen LogP contribution in [0.1, 0.15) is 25.1 Å². The van der Waals surface area contributed by atoms with Gasteiger partial charge in [0.05, 0.1) is 11.7 Å². The van der Waals surface area contributed by atoms with Crippen molar-refractivity contribution in [2.24, 2.45) is 0 Å². The van der Waals surface area contributed by atoms with Crippen molar-refractivity contribution in [1.29, 1.82) is 0 Å². The highest BCUT2D eigenvalue weighted by atomic mass is 15.2. The zero-order valence-electron chi connectivity index (χ0n) is 8.12. The van der Waals surface area contributed by atoms with Gasteiger partial charge in [0.15, 0.2) is 0 Å². The van der Waals surface area contributed by atoms with E-state index < -0.39 is 0 Å². The normalized spacial score (nSPS) is 10.9. The van der Waals surface area contributed by atoms with Crippen LogP contribution in [0.15, 0.2) is 24.4 Å². The standard InChI is InChI=1S/C11H14N2/c1-3-9-8-12-13-10(4-2)6-5-7-11(9)13/h5-8H,3-4H2,1-2H3. The lowest BCUT2D eigenvalue weighted by atomic mass is 10.2. The van der Waals surface area contributed by atoms with Crippen LogP contribution in [-0.2, 0) is 12.8 Å². The molecular formula is C11H14N2.